The minimum absolute atomic E-state index is 0.382. The average molecular weight is 487 g/mol. The minimum Gasteiger partial charge on any atom is -0.496 e. The van der Waals surface area contributed by atoms with Crippen molar-refractivity contribution in [1.29, 1.82) is 0 Å². The van der Waals surface area contributed by atoms with Crippen LogP contribution in [0.5, 0.6) is 5.75 Å². The summed E-state index contributed by atoms with van der Waals surface area (Å²) in [6, 6.07) is 12.7. The predicted octanol–water partition coefficient (Wildman–Crippen LogP) is 6.60. The fraction of sp³-hybridized carbons (Fsp3) is 0.433. The van der Waals surface area contributed by atoms with Crippen LogP contribution in [-0.2, 0) is 11.3 Å². The van der Waals surface area contributed by atoms with Gasteiger partial charge in [0, 0.05) is 48.4 Å². The van der Waals surface area contributed by atoms with E-state index in [2.05, 4.69) is 47.6 Å². The summed E-state index contributed by atoms with van der Waals surface area (Å²) in [4.78, 5) is 14.0. The monoisotopic (exact) mass is 486 g/mol. The van der Waals surface area contributed by atoms with Crippen molar-refractivity contribution < 1.29 is 18.7 Å². The van der Waals surface area contributed by atoms with Gasteiger partial charge in [-0.25, -0.2) is 0 Å². The molecule has 0 radical (unpaired) electrons. The summed E-state index contributed by atoms with van der Waals surface area (Å²) >= 11 is 0. The number of hydrogen-bond donors (Lipinski definition) is 0. The van der Waals surface area contributed by atoms with Crippen molar-refractivity contribution in [2.45, 2.75) is 52.2 Å². The summed E-state index contributed by atoms with van der Waals surface area (Å²) in [6.07, 6.45) is 5.92. The van der Waals surface area contributed by atoms with Gasteiger partial charge in [-0.3, -0.25) is 4.79 Å². The maximum Gasteiger partial charge on any atom is 0.154 e. The molecule has 2 fully saturated rings. The van der Waals surface area contributed by atoms with Gasteiger partial charge >= 0.3 is 0 Å². The van der Waals surface area contributed by atoms with Crippen LogP contribution >= 0.6 is 0 Å². The number of furan rings is 1. The molecule has 1 saturated heterocycles. The molecule has 0 atom stereocenters. The molecule has 0 N–H and O–H groups in total. The third kappa shape index (κ3) is 4.07. The Hall–Kier alpha value is -3.25. The van der Waals surface area contributed by atoms with Crippen LogP contribution in [0.15, 0.2) is 40.8 Å². The topological polar surface area (TPSA) is 56.8 Å². The van der Waals surface area contributed by atoms with Crippen LogP contribution in [0.2, 0.25) is 0 Å². The van der Waals surface area contributed by atoms with Crippen LogP contribution in [0, 0.1) is 12.8 Å². The number of piperidine rings is 1. The lowest BCUT2D eigenvalue weighted by Crippen LogP contribution is -2.37. The Morgan fingerprint density at radius 3 is 2.58 bits per heavy atom. The van der Waals surface area contributed by atoms with E-state index < -0.39 is 0 Å². The number of ether oxygens (including phenoxy) is 2. The highest BCUT2D eigenvalue weighted by atomic mass is 16.5. The number of aldehydes is 1. The number of benzene rings is 2. The van der Waals surface area contributed by atoms with E-state index in [0.29, 0.717) is 28.9 Å². The number of carbonyl (C=O) groups is 1. The normalized spacial score (nSPS) is 16.8. The molecule has 1 saturated carbocycles. The van der Waals surface area contributed by atoms with E-state index in [1.807, 2.05) is 0 Å². The summed E-state index contributed by atoms with van der Waals surface area (Å²) in [5.74, 6) is 2.23. The van der Waals surface area contributed by atoms with Gasteiger partial charge in [0.05, 0.1) is 29.8 Å². The fourth-order valence-electron chi connectivity index (χ4n) is 5.73. The molecule has 2 aliphatic rings. The second kappa shape index (κ2) is 9.32. The van der Waals surface area contributed by atoms with Gasteiger partial charge in [-0.1, -0.05) is 6.07 Å². The highest BCUT2D eigenvalue weighted by Gasteiger charge is 2.27. The first-order valence-corrected chi connectivity index (χ1v) is 13.2. The van der Waals surface area contributed by atoms with E-state index in [0.717, 1.165) is 67.8 Å². The number of hydrogen-bond acceptors (Lipinski definition) is 5. The number of rotatable bonds is 8. The van der Waals surface area contributed by atoms with Gasteiger partial charge in [0.15, 0.2) is 5.76 Å². The highest BCUT2D eigenvalue weighted by Crippen LogP contribution is 2.42. The quantitative estimate of drug-likeness (QED) is 0.263. The number of methoxy groups -OCH3 is 1. The Morgan fingerprint density at radius 1 is 1.08 bits per heavy atom. The summed E-state index contributed by atoms with van der Waals surface area (Å²) in [7, 11) is 1.64. The largest absolute Gasteiger partial charge is 0.496 e. The minimum atomic E-state index is 0.382. The molecule has 0 bridgehead atoms. The van der Waals surface area contributed by atoms with Crippen molar-refractivity contribution in [3.05, 3.63) is 47.5 Å². The van der Waals surface area contributed by atoms with Crippen molar-refractivity contribution in [1.82, 2.24) is 4.57 Å². The third-order valence-electron chi connectivity index (χ3n) is 7.84. The molecule has 6 nitrogen and oxygen atoms in total. The van der Waals surface area contributed by atoms with E-state index in [4.69, 9.17) is 13.9 Å². The molecule has 2 aromatic carbocycles. The van der Waals surface area contributed by atoms with Gasteiger partial charge in [0.2, 0.25) is 0 Å². The SMILES string of the molecule is CCOC1CCN(c2ccc3cc(-c4oc5cc(C=O)cc(OC)c5c4C)n(CC4CC4)c3c2)CC1. The lowest BCUT2D eigenvalue weighted by atomic mass is 10.1. The Bertz CT molecular complexity index is 1420. The van der Waals surface area contributed by atoms with Crippen LogP contribution < -0.4 is 9.64 Å². The highest BCUT2D eigenvalue weighted by molar-refractivity contribution is 5.97. The van der Waals surface area contributed by atoms with Crippen LogP contribution in [0.4, 0.5) is 5.69 Å². The van der Waals surface area contributed by atoms with Crippen LogP contribution in [0.3, 0.4) is 0 Å². The van der Waals surface area contributed by atoms with E-state index in [1.54, 1.807) is 19.2 Å². The van der Waals surface area contributed by atoms with Crippen LogP contribution in [0.25, 0.3) is 33.3 Å². The maximum absolute atomic E-state index is 11.5. The zero-order chi connectivity index (χ0) is 24.8. The Labute approximate surface area is 211 Å². The van der Waals surface area contributed by atoms with Crippen molar-refractivity contribution in [3.63, 3.8) is 0 Å². The fourth-order valence-corrected chi connectivity index (χ4v) is 5.73. The summed E-state index contributed by atoms with van der Waals surface area (Å²) in [5.41, 5.74) is 5.89. The van der Waals surface area contributed by atoms with E-state index >= 15 is 0 Å². The number of nitrogens with zero attached hydrogens (tertiary/aromatic N) is 2. The number of carbonyl (C=O) groups excluding carboxylic acids is 1. The second-order valence-electron chi connectivity index (χ2n) is 10.2. The zero-order valence-electron chi connectivity index (χ0n) is 21.4. The standard InChI is InChI=1S/C30H34N2O4/c1-4-35-24-9-11-31(12-10-24)23-8-7-22-15-26(32(25(22)16-23)17-20-5-6-20)30-19(2)29-27(34-3)13-21(18-33)14-28(29)36-30/h7-8,13-16,18,20,24H,4-6,9-12,17H2,1-3H3. The molecule has 36 heavy (non-hydrogen) atoms. The average Bonchev–Trinajstić information content (AvgIpc) is 3.58. The first-order valence-electron chi connectivity index (χ1n) is 13.2. The van der Waals surface area contributed by atoms with Crippen molar-refractivity contribution in [2.75, 3.05) is 31.7 Å². The molecule has 0 spiro atoms. The van der Waals surface area contributed by atoms with Gasteiger partial charge in [-0.2, -0.15) is 0 Å². The van der Waals surface area contributed by atoms with Crippen molar-refractivity contribution >= 4 is 33.8 Å². The second-order valence-corrected chi connectivity index (χ2v) is 10.2. The molecule has 2 aromatic heterocycles. The van der Waals surface area contributed by atoms with Crippen LogP contribution in [0.1, 0.15) is 48.5 Å². The predicted molar refractivity (Wildman–Crippen MR) is 143 cm³/mol. The smallest absolute Gasteiger partial charge is 0.154 e. The Kier molecular flexibility index (Phi) is 6.00. The molecule has 4 aromatic rings. The number of aromatic nitrogens is 1. The van der Waals surface area contributed by atoms with Crippen molar-refractivity contribution in [3.8, 4) is 17.2 Å². The zero-order valence-corrected chi connectivity index (χ0v) is 21.4. The molecular weight excluding hydrogens is 452 g/mol. The molecule has 1 aliphatic carbocycles. The number of fused-ring (bicyclic) bond motifs is 2. The third-order valence-corrected chi connectivity index (χ3v) is 7.84. The van der Waals surface area contributed by atoms with Crippen LogP contribution in [-0.4, -0.2) is 43.8 Å². The summed E-state index contributed by atoms with van der Waals surface area (Å²) in [6.45, 7) is 7.98. The molecule has 188 valence electrons. The maximum atomic E-state index is 11.5. The van der Waals surface area contributed by atoms with Gasteiger partial charge in [0.1, 0.15) is 17.6 Å². The van der Waals surface area contributed by atoms with Gasteiger partial charge < -0.3 is 23.4 Å². The summed E-state index contributed by atoms with van der Waals surface area (Å²) < 4.78 is 20.4. The first kappa shape index (κ1) is 23.2. The Balaban J connectivity index is 1.44. The lowest BCUT2D eigenvalue weighted by Gasteiger charge is -2.33. The first-order chi connectivity index (χ1) is 17.6. The Morgan fingerprint density at radius 2 is 1.89 bits per heavy atom. The van der Waals surface area contributed by atoms with E-state index in [9.17, 15) is 4.79 Å². The lowest BCUT2D eigenvalue weighted by molar-refractivity contribution is 0.0459. The van der Waals surface area contributed by atoms with Crippen molar-refractivity contribution in [2.24, 2.45) is 5.92 Å². The van der Waals surface area contributed by atoms with Gasteiger partial charge in [0.25, 0.3) is 0 Å². The molecule has 0 unspecified atom stereocenters. The molecule has 0 amide bonds. The van der Waals surface area contributed by atoms with E-state index in [-0.39, 0.29) is 0 Å². The number of anilines is 1. The van der Waals surface area contributed by atoms with E-state index in [1.165, 1.54) is 29.4 Å². The molecule has 6 heteroatoms. The van der Waals surface area contributed by atoms with Gasteiger partial charge in [-0.15, -0.1) is 0 Å². The summed E-state index contributed by atoms with van der Waals surface area (Å²) in [5, 5.41) is 2.15. The number of aryl methyl sites for hydroxylation is 1. The molecule has 1 aliphatic heterocycles. The molecule has 6 rings (SSSR count). The van der Waals surface area contributed by atoms with Gasteiger partial charge in [-0.05, 0) is 75.8 Å². The molecule has 3 heterocycles. The molecular formula is C30H34N2O4.